The van der Waals surface area contributed by atoms with Crippen LogP contribution in [-0.2, 0) is 30.4 Å². The number of rotatable bonds is 9. The summed E-state index contributed by atoms with van der Waals surface area (Å²) in [6.45, 7) is 1.60. The number of carbonyl (C=O) groups excluding carboxylic acids is 2. The van der Waals surface area contributed by atoms with Gasteiger partial charge < -0.3 is 9.47 Å². The largest absolute Gasteiger partial charge is 0.487 e. The lowest BCUT2D eigenvalue weighted by Gasteiger charge is -2.14. The minimum Gasteiger partial charge on any atom is -0.487 e. The summed E-state index contributed by atoms with van der Waals surface area (Å²) >= 11 is 11.6. The van der Waals surface area contributed by atoms with Gasteiger partial charge in [-0.3, -0.25) is 14.4 Å². The lowest BCUT2D eigenvalue weighted by atomic mass is 10.1. The van der Waals surface area contributed by atoms with Crippen LogP contribution in [0.25, 0.3) is 0 Å². The van der Waals surface area contributed by atoms with Crippen LogP contribution in [-0.4, -0.2) is 30.9 Å². The molecule has 0 aliphatic rings. The molecule has 0 aliphatic heterocycles. The lowest BCUT2D eigenvalue weighted by molar-refractivity contribution is -0.138. The van der Waals surface area contributed by atoms with E-state index in [0.717, 1.165) is 34.9 Å². The zero-order chi connectivity index (χ0) is 34.9. The summed E-state index contributed by atoms with van der Waals surface area (Å²) in [7, 11) is 2.85. The van der Waals surface area contributed by atoms with Crippen molar-refractivity contribution in [2.45, 2.75) is 32.5 Å². The van der Waals surface area contributed by atoms with Gasteiger partial charge in [-0.1, -0.05) is 53.5 Å². The van der Waals surface area contributed by atoms with E-state index in [4.69, 9.17) is 37.5 Å². The second kappa shape index (κ2) is 16.0. The predicted molar refractivity (Wildman–Crippen MR) is 164 cm³/mol. The highest BCUT2D eigenvalue weighted by atomic mass is 35.5. The summed E-state index contributed by atoms with van der Waals surface area (Å²) in [5, 5.41) is 0.825. The molecule has 1 amide bonds. The maximum atomic E-state index is 12.6. The van der Waals surface area contributed by atoms with Gasteiger partial charge in [-0.15, -0.1) is 0 Å². The Balaban J connectivity index is 0.000000257. The number of hydrogen-bond donors (Lipinski definition) is 0. The summed E-state index contributed by atoms with van der Waals surface area (Å²) in [4.78, 5) is 28.1. The number of hydroxylamine groups is 2. The minimum absolute atomic E-state index is 0.0445. The van der Waals surface area contributed by atoms with Crippen molar-refractivity contribution < 1.29 is 50.2 Å². The van der Waals surface area contributed by atoms with E-state index in [-0.39, 0.29) is 46.4 Å². The third kappa shape index (κ3) is 10.9. The van der Waals surface area contributed by atoms with Gasteiger partial charge in [-0.05, 0) is 72.6 Å². The molecule has 4 rings (SSSR count). The molecular formula is C33H27Cl2F6NO5. The summed E-state index contributed by atoms with van der Waals surface area (Å²) in [6.07, 6.45) is -8.91. The van der Waals surface area contributed by atoms with Gasteiger partial charge in [0.15, 0.2) is 5.78 Å². The fourth-order valence-corrected chi connectivity index (χ4v) is 4.32. The first kappa shape index (κ1) is 37.2. The van der Waals surface area contributed by atoms with Gasteiger partial charge in [0.05, 0.1) is 28.3 Å². The first-order valence-corrected chi connectivity index (χ1v) is 14.2. The van der Waals surface area contributed by atoms with E-state index in [1.807, 2.05) is 0 Å². The molecule has 0 N–H and O–H groups in total. The van der Waals surface area contributed by atoms with Crippen molar-refractivity contribution in [3.05, 3.63) is 128 Å². The Hall–Kier alpha value is -4.26. The number of carbonyl (C=O) groups is 2. The number of ketones is 1. The van der Waals surface area contributed by atoms with Crippen LogP contribution >= 0.6 is 23.2 Å². The zero-order valence-electron chi connectivity index (χ0n) is 25.0. The molecule has 6 nitrogen and oxygen atoms in total. The average Bonchev–Trinajstić information content (AvgIpc) is 3.02. The summed E-state index contributed by atoms with van der Waals surface area (Å²) < 4.78 is 86.3. The van der Waals surface area contributed by atoms with Crippen LogP contribution in [0.3, 0.4) is 0 Å². The number of halogens is 8. The molecule has 0 unspecified atom stereocenters. The van der Waals surface area contributed by atoms with Crippen molar-refractivity contribution in [1.82, 2.24) is 5.06 Å². The van der Waals surface area contributed by atoms with Crippen LogP contribution in [0.5, 0.6) is 11.5 Å². The van der Waals surface area contributed by atoms with Gasteiger partial charge in [-0.2, -0.15) is 26.3 Å². The molecule has 4 aromatic rings. The molecule has 4 aromatic carbocycles. The Labute approximate surface area is 276 Å². The number of Topliss-reactive ketones (excluding diaryl/α,β-unsaturated/α-hetero) is 1. The van der Waals surface area contributed by atoms with Crippen LogP contribution in [0.15, 0.2) is 84.9 Å². The van der Waals surface area contributed by atoms with Gasteiger partial charge >= 0.3 is 12.4 Å². The molecule has 0 saturated heterocycles. The van der Waals surface area contributed by atoms with Crippen LogP contribution in [0.4, 0.5) is 26.3 Å². The zero-order valence-corrected chi connectivity index (χ0v) is 26.5. The topological polar surface area (TPSA) is 65.1 Å². The molecule has 0 saturated carbocycles. The normalized spacial score (nSPS) is 11.3. The first-order chi connectivity index (χ1) is 22.0. The second-order valence-electron chi connectivity index (χ2n) is 9.81. The maximum Gasteiger partial charge on any atom is 0.416 e. The molecule has 0 aliphatic carbocycles. The minimum atomic E-state index is -4.47. The molecule has 250 valence electrons. The van der Waals surface area contributed by atoms with Crippen molar-refractivity contribution >= 4 is 34.9 Å². The molecule has 0 spiro atoms. The number of alkyl halides is 6. The monoisotopic (exact) mass is 701 g/mol. The number of amides is 1. The Morgan fingerprint density at radius 1 is 0.681 bits per heavy atom. The Morgan fingerprint density at radius 3 is 1.49 bits per heavy atom. The SMILES string of the molecule is CC(=O)c1cccc(COc2ccc(C(F)(F)F)cc2Cl)c1.CON(C)C(=O)c1cccc(COc2ccc(C(F)(F)F)cc2Cl)c1. The van der Waals surface area contributed by atoms with Gasteiger partial charge in [0.2, 0.25) is 0 Å². The third-order valence-corrected chi connectivity index (χ3v) is 6.97. The van der Waals surface area contributed by atoms with Gasteiger partial charge in [0, 0.05) is 18.2 Å². The number of benzene rings is 4. The lowest BCUT2D eigenvalue weighted by Crippen LogP contribution is -2.25. The van der Waals surface area contributed by atoms with E-state index in [1.165, 1.54) is 33.2 Å². The Kier molecular flexibility index (Phi) is 12.7. The molecule has 0 atom stereocenters. The van der Waals surface area contributed by atoms with Crippen molar-refractivity contribution in [2.75, 3.05) is 14.2 Å². The van der Waals surface area contributed by atoms with E-state index in [2.05, 4.69) is 0 Å². The average molecular weight is 702 g/mol. The third-order valence-electron chi connectivity index (χ3n) is 6.37. The highest BCUT2D eigenvalue weighted by Gasteiger charge is 2.32. The van der Waals surface area contributed by atoms with Crippen molar-refractivity contribution in [1.29, 1.82) is 0 Å². The molecule has 0 bridgehead atoms. The van der Waals surface area contributed by atoms with Crippen LogP contribution in [0.2, 0.25) is 10.0 Å². The highest BCUT2D eigenvalue weighted by molar-refractivity contribution is 6.32. The summed E-state index contributed by atoms with van der Waals surface area (Å²) in [5.74, 6) is -0.130. The van der Waals surface area contributed by atoms with Crippen LogP contribution in [0.1, 0.15) is 49.9 Å². The highest BCUT2D eigenvalue weighted by Crippen LogP contribution is 2.36. The molecule has 47 heavy (non-hydrogen) atoms. The van der Waals surface area contributed by atoms with E-state index in [0.29, 0.717) is 16.7 Å². The predicted octanol–water partition coefficient (Wildman–Crippen LogP) is 9.71. The summed E-state index contributed by atoms with van der Waals surface area (Å²) in [6, 6.07) is 19.2. The van der Waals surface area contributed by atoms with Gasteiger partial charge in [0.25, 0.3) is 5.91 Å². The standard InChI is InChI=1S/C17H15ClF3NO3.C16H12ClF3O2/c1-22(24-2)16(23)12-5-3-4-11(8-12)10-25-15-7-6-13(9-14(15)18)17(19,20)21;1-10(21)12-4-2-3-11(7-12)9-22-15-6-5-13(8-14(15)17)16(18,19)20/h3-9H,10H2,1-2H3;2-8H,9H2,1H3. The number of nitrogens with zero attached hydrogens (tertiary/aromatic N) is 1. The fourth-order valence-electron chi connectivity index (χ4n) is 3.85. The molecule has 0 fully saturated rings. The van der Waals surface area contributed by atoms with Crippen LogP contribution < -0.4 is 9.47 Å². The van der Waals surface area contributed by atoms with Gasteiger partial charge in [0.1, 0.15) is 24.7 Å². The summed E-state index contributed by atoms with van der Waals surface area (Å²) in [5.41, 5.74) is 0.641. The quantitative estimate of drug-likeness (QED) is 0.0988. The van der Waals surface area contributed by atoms with Crippen LogP contribution in [0, 0.1) is 0 Å². The van der Waals surface area contributed by atoms with Gasteiger partial charge in [-0.25, -0.2) is 5.06 Å². The Bertz CT molecular complexity index is 1710. The van der Waals surface area contributed by atoms with E-state index in [9.17, 15) is 35.9 Å². The van der Waals surface area contributed by atoms with Crippen molar-refractivity contribution in [2.24, 2.45) is 0 Å². The van der Waals surface area contributed by atoms with E-state index in [1.54, 1.807) is 48.5 Å². The van der Waals surface area contributed by atoms with E-state index < -0.39 is 23.5 Å². The first-order valence-electron chi connectivity index (χ1n) is 13.5. The van der Waals surface area contributed by atoms with Crippen molar-refractivity contribution in [3.8, 4) is 11.5 Å². The van der Waals surface area contributed by atoms with E-state index >= 15 is 0 Å². The number of hydrogen-bond acceptors (Lipinski definition) is 5. The molecular weight excluding hydrogens is 675 g/mol. The second-order valence-corrected chi connectivity index (χ2v) is 10.6. The molecule has 14 heteroatoms. The molecule has 0 radical (unpaired) electrons. The smallest absolute Gasteiger partial charge is 0.416 e. The maximum absolute atomic E-state index is 12.6. The molecule has 0 aromatic heterocycles. The Morgan fingerprint density at radius 2 is 1.11 bits per heavy atom. The molecule has 0 heterocycles. The number of ether oxygens (including phenoxy) is 2. The van der Waals surface area contributed by atoms with Crippen molar-refractivity contribution in [3.63, 3.8) is 0 Å². The fraction of sp³-hybridized carbons (Fsp3) is 0.212.